The number of anilines is 1. The number of likely N-dealkylation sites (N-methyl/N-ethyl adjacent to an activating group) is 1. The maximum absolute atomic E-state index is 14.3. The van der Waals surface area contributed by atoms with Crippen LogP contribution < -0.4 is 9.62 Å². The van der Waals surface area contributed by atoms with E-state index in [0.717, 1.165) is 22.0 Å². The van der Waals surface area contributed by atoms with E-state index < -0.39 is 39.3 Å². The van der Waals surface area contributed by atoms with E-state index in [2.05, 4.69) is 5.32 Å². The van der Waals surface area contributed by atoms with Gasteiger partial charge in [0, 0.05) is 32.1 Å². The number of non-ortho nitro benzene ring substituents is 1. The molecule has 0 aliphatic heterocycles. The number of nitrogens with one attached hydrogen (secondary N) is 1. The van der Waals surface area contributed by atoms with Crippen molar-refractivity contribution >= 4 is 56.4 Å². The molecule has 0 spiro atoms. The summed E-state index contributed by atoms with van der Waals surface area (Å²) < 4.78 is 28.7. The van der Waals surface area contributed by atoms with Gasteiger partial charge < -0.3 is 10.2 Å². The van der Waals surface area contributed by atoms with E-state index >= 15 is 0 Å². The Kier molecular flexibility index (Phi) is 10.6. The molecule has 0 radical (unpaired) electrons. The molecule has 0 heterocycles. The molecule has 13 heteroatoms. The first-order valence-corrected chi connectivity index (χ1v) is 15.5. The zero-order valence-corrected chi connectivity index (χ0v) is 25.8. The quantitative estimate of drug-likeness (QED) is 0.159. The van der Waals surface area contributed by atoms with Gasteiger partial charge in [-0.25, -0.2) is 8.42 Å². The number of hydrogen-bond acceptors (Lipinski definition) is 6. The van der Waals surface area contributed by atoms with Crippen LogP contribution in [0.4, 0.5) is 11.4 Å². The maximum atomic E-state index is 14.3. The van der Waals surface area contributed by atoms with E-state index in [4.69, 9.17) is 23.2 Å². The maximum Gasteiger partial charge on any atom is 0.269 e. The highest BCUT2D eigenvalue weighted by molar-refractivity contribution is 7.92. The van der Waals surface area contributed by atoms with Crippen molar-refractivity contribution in [1.29, 1.82) is 0 Å². The summed E-state index contributed by atoms with van der Waals surface area (Å²) in [5.74, 6) is -1.16. The molecular formula is C31H28Cl2N4O6S. The van der Waals surface area contributed by atoms with Gasteiger partial charge in [0.05, 0.1) is 25.6 Å². The topological polar surface area (TPSA) is 130 Å². The lowest BCUT2D eigenvalue weighted by atomic mass is 10.0. The fourth-order valence-corrected chi connectivity index (χ4v) is 6.30. The SMILES string of the molecule is CNC(=O)C(Cc1ccccc1)N(Cc1ccc(Cl)c(Cl)c1)C(=O)CN(c1ccc([N+](=O)[O-])cc1)S(=O)(=O)c1ccccc1. The first-order chi connectivity index (χ1) is 21.0. The average molecular weight is 656 g/mol. The van der Waals surface area contributed by atoms with Crippen LogP contribution in [-0.4, -0.2) is 49.7 Å². The van der Waals surface area contributed by atoms with Gasteiger partial charge in [0.2, 0.25) is 11.8 Å². The molecule has 1 N–H and O–H groups in total. The van der Waals surface area contributed by atoms with Gasteiger partial charge in [-0.3, -0.25) is 24.0 Å². The van der Waals surface area contributed by atoms with Crippen LogP contribution in [0.25, 0.3) is 0 Å². The number of nitro groups is 1. The minimum atomic E-state index is -4.33. The smallest absolute Gasteiger partial charge is 0.269 e. The number of benzene rings is 4. The molecule has 1 atom stereocenters. The molecule has 228 valence electrons. The first-order valence-electron chi connectivity index (χ1n) is 13.3. The number of carbonyl (C=O) groups excluding carboxylic acids is 2. The van der Waals surface area contributed by atoms with Gasteiger partial charge in [0.15, 0.2) is 0 Å². The van der Waals surface area contributed by atoms with Crippen LogP contribution in [0.1, 0.15) is 11.1 Å². The summed E-state index contributed by atoms with van der Waals surface area (Å²) >= 11 is 12.4. The second-order valence-electron chi connectivity index (χ2n) is 9.69. The Hall–Kier alpha value is -4.45. The normalized spacial score (nSPS) is 11.8. The van der Waals surface area contributed by atoms with E-state index in [-0.39, 0.29) is 34.3 Å². The van der Waals surface area contributed by atoms with Crippen molar-refractivity contribution in [3.63, 3.8) is 0 Å². The number of sulfonamides is 1. The van der Waals surface area contributed by atoms with Crippen LogP contribution >= 0.6 is 23.2 Å². The third-order valence-electron chi connectivity index (χ3n) is 6.81. The zero-order valence-electron chi connectivity index (χ0n) is 23.5. The van der Waals surface area contributed by atoms with Crippen LogP contribution in [0.5, 0.6) is 0 Å². The molecule has 1 unspecified atom stereocenters. The van der Waals surface area contributed by atoms with Crippen LogP contribution in [0.2, 0.25) is 10.0 Å². The van der Waals surface area contributed by atoms with Gasteiger partial charge >= 0.3 is 0 Å². The lowest BCUT2D eigenvalue weighted by Gasteiger charge is -2.33. The summed E-state index contributed by atoms with van der Waals surface area (Å²) in [6.07, 6.45) is 0.135. The molecule has 2 amide bonds. The predicted octanol–water partition coefficient (Wildman–Crippen LogP) is 5.48. The number of nitro benzene ring substituents is 1. The van der Waals surface area contributed by atoms with E-state index in [1.54, 1.807) is 36.4 Å². The average Bonchev–Trinajstić information content (AvgIpc) is 3.03. The summed E-state index contributed by atoms with van der Waals surface area (Å²) in [6, 6.07) is 25.2. The van der Waals surface area contributed by atoms with Crippen molar-refractivity contribution in [2.75, 3.05) is 17.9 Å². The minimum Gasteiger partial charge on any atom is -0.357 e. The number of rotatable bonds is 12. The third-order valence-corrected chi connectivity index (χ3v) is 9.34. The summed E-state index contributed by atoms with van der Waals surface area (Å²) in [5.41, 5.74) is 1.11. The largest absolute Gasteiger partial charge is 0.357 e. The van der Waals surface area contributed by atoms with Crippen LogP contribution in [0.15, 0.2) is 108 Å². The Labute approximate surface area is 265 Å². The molecule has 0 saturated heterocycles. The fraction of sp³-hybridized carbons (Fsp3) is 0.161. The molecule has 0 saturated carbocycles. The Morgan fingerprint density at radius 3 is 2.05 bits per heavy atom. The van der Waals surface area contributed by atoms with Crippen molar-refractivity contribution in [3.05, 3.63) is 134 Å². The van der Waals surface area contributed by atoms with Gasteiger partial charge in [-0.15, -0.1) is 0 Å². The third kappa shape index (κ3) is 7.73. The van der Waals surface area contributed by atoms with Crippen molar-refractivity contribution in [2.24, 2.45) is 0 Å². The number of carbonyl (C=O) groups is 2. The summed E-state index contributed by atoms with van der Waals surface area (Å²) in [5, 5.41) is 14.4. The van der Waals surface area contributed by atoms with E-state index in [1.807, 2.05) is 30.3 Å². The van der Waals surface area contributed by atoms with Crippen LogP contribution in [0.3, 0.4) is 0 Å². The summed E-state index contributed by atoms with van der Waals surface area (Å²) in [7, 11) is -2.88. The minimum absolute atomic E-state index is 0.0295. The second kappa shape index (κ2) is 14.3. The fourth-order valence-electron chi connectivity index (χ4n) is 4.54. The molecule has 4 aromatic rings. The lowest BCUT2D eigenvalue weighted by Crippen LogP contribution is -2.53. The molecule has 0 aromatic heterocycles. The number of halogens is 2. The lowest BCUT2D eigenvalue weighted by molar-refractivity contribution is -0.384. The van der Waals surface area contributed by atoms with E-state index in [9.17, 15) is 28.1 Å². The van der Waals surface area contributed by atoms with Crippen molar-refractivity contribution in [1.82, 2.24) is 10.2 Å². The second-order valence-corrected chi connectivity index (χ2v) is 12.4. The Morgan fingerprint density at radius 1 is 0.864 bits per heavy atom. The standard InChI is InChI=1S/C31H28Cl2N4O6S/c1-34-31(39)29(19-22-8-4-2-5-9-22)35(20-23-12-17-27(32)28(33)18-23)30(38)21-36(24-13-15-25(16-14-24)37(40)41)44(42,43)26-10-6-3-7-11-26/h2-18,29H,19-21H2,1H3,(H,34,39). The molecular weight excluding hydrogens is 627 g/mol. The summed E-state index contributed by atoms with van der Waals surface area (Å²) in [6.45, 7) is -0.807. The number of hydrogen-bond donors (Lipinski definition) is 1. The zero-order chi connectivity index (χ0) is 31.9. The summed E-state index contributed by atoms with van der Waals surface area (Å²) in [4.78, 5) is 39.4. The molecule has 4 rings (SSSR count). The van der Waals surface area contributed by atoms with Gasteiger partial charge in [0.25, 0.3) is 15.7 Å². The van der Waals surface area contributed by atoms with Crippen molar-refractivity contribution < 1.29 is 22.9 Å². The van der Waals surface area contributed by atoms with Gasteiger partial charge in [-0.2, -0.15) is 0 Å². The first kappa shape index (κ1) is 32.5. The van der Waals surface area contributed by atoms with Gasteiger partial charge in [-0.05, 0) is 47.5 Å². The predicted molar refractivity (Wildman–Crippen MR) is 169 cm³/mol. The molecule has 10 nitrogen and oxygen atoms in total. The van der Waals surface area contributed by atoms with Gasteiger partial charge in [-0.1, -0.05) is 77.8 Å². The molecule has 0 aliphatic carbocycles. The van der Waals surface area contributed by atoms with Crippen LogP contribution in [0, 0.1) is 10.1 Å². The molecule has 0 aliphatic rings. The highest BCUT2D eigenvalue weighted by atomic mass is 35.5. The Balaban J connectivity index is 1.80. The molecule has 0 bridgehead atoms. The monoisotopic (exact) mass is 654 g/mol. The molecule has 44 heavy (non-hydrogen) atoms. The Morgan fingerprint density at radius 2 is 1.48 bits per heavy atom. The number of nitrogens with zero attached hydrogens (tertiary/aromatic N) is 3. The van der Waals surface area contributed by atoms with Crippen LogP contribution in [-0.2, 0) is 32.6 Å². The molecule has 4 aromatic carbocycles. The highest BCUT2D eigenvalue weighted by Crippen LogP contribution is 2.28. The number of amides is 2. The van der Waals surface area contributed by atoms with Crippen molar-refractivity contribution in [3.8, 4) is 0 Å². The Bertz CT molecular complexity index is 1740. The van der Waals surface area contributed by atoms with E-state index in [0.29, 0.717) is 10.6 Å². The van der Waals surface area contributed by atoms with Gasteiger partial charge in [0.1, 0.15) is 12.6 Å². The van der Waals surface area contributed by atoms with E-state index in [1.165, 1.54) is 36.2 Å². The van der Waals surface area contributed by atoms with Crippen molar-refractivity contribution in [2.45, 2.75) is 23.9 Å². The molecule has 0 fully saturated rings. The highest BCUT2D eigenvalue weighted by Gasteiger charge is 2.34.